The Morgan fingerprint density at radius 2 is 1.83 bits per heavy atom. The summed E-state index contributed by atoms with van der Waals surface area (Å²) in [4.78, 5) is 28.0. The van der Waals surface area contributed by atoms with Gasteiger partial charge in [-0.25, -0.2) is 0 Å². The van der Waals surface area contributed by atoms with E-state index in [0.717, 1.165) is 24.0 Å². The lowest BCUT2D eigenvalue weighted by Crippen LogP contribution is -2.36. The molecule has 2 heterocycles. The molecule has 2 saturated heterocycles. The monoisotopic (exact) mass is 475 g/mol. The van der Waals surface area contributed by atoms with Crippen LogP contribution in [0.25, 0.3) is 5.76 Å². The zero-order valence-corrected chi connectivity index (χ0v) is 20.6. The summed E-state index contributed by atoms with van der Waals surface area (Å²) in [7, 11) is 0. The molecule has 2 atom stereocenters. The predicted molar refractivity (Wildman–Crippen MR) is 135 cm³/mol. The van der Waals surface area contributed by atoms with E-state index in [-0.39, 0.29) is 22.9 Å². The van der Waals surface area contributed by atoms with Crippen molar-refractivity contribution in [3.05, 3.63) is 83.4 Å². The van der Waals surface area contributed by atoms with Crippen molar-refractivity contribution >= 4 is 17.4 Å². The number of ether oxygens (including phenoxy) is 2. The van der Waals surface area contributed by atoms with Crippen molar-refractivity contribution in [1.82, 2.24) is 4.90 Å². The molecule has 2 aromatic rings. The number of hydrogen-bond donors (Lipinski definition) is 1. The van der Waals surface area contributed by atoms with Crippen LogP contribution in [0.5, 0.6) is 5.75 Å². The number of amides is 1. The van der Waals surface area contributed by atoms with Gasteiger partial charge in [-0.2, -0.15) is 0 Å². The number of hydrogen-bond acceptors (Lipinski definition) is 5. The number of likely N-dealkylation sites (tertiary alicyclic amines) is 1. The fraction of sp³-hybridized carbons (Fsp3) is 0.379. The molecule has 2 aliphatic rings. The standard InChI is InChI=1S/C29H33NO5/c1-5-16-34-22-14-10-20(11-15-22)26(31)24-25(19-8-12-21(13-9-19)29(2,3)4)30(28(33)27(24)32)18-23-7-6-17-35-23/h5,8-15,23,25,31H,1,6-7,16-18H2,2-4H3/t23-,25+/m1/s1. The zero-order valence-electron chi connectivity index (χ0n) is 20.6. The second-order valence-electron chi connectivity index (χ2n) is 10.1. The molecule has 2 aromatic carbocycles. The van der Waals surface area contributed by atoms with E-state index >= 15 is 0 Å². The lowest BCUT2D eigenvalue weighted by atomic mass is 9.85. The summed E-state index contributed by atoms with van der Waals surface area (Å²) in [5.41, 5.74) is 2.43. The van der Waals surface area contributed by atoms with Gasteiger partial charge in [0.1, 0.15) is 18.1 Å². The lowest BCUT2D eigenvalue weighted by molar-refractivity contribution is -0.140. The van der Waals surface area contributed by atoms with Crippen LogP contribution < -0.4 is 4.74 Å². The molecular weight excluding hydrogens is 442 g/mol. The molecule has 0 unspecified atom stereocenters. The van der Waals surface area contributed by atoms with E-state index in [1.54, 1.807) is 35.2 Å². The van der Waals surface area contributed by atoms with Crippen molar-refractivity contribution in [3.8, 4) is 5.75 Å². The summed E-state index contributed by atoms with van der Waals surface area (Å²) in [6, 6.07) is 14.0. The van der Waals surface area contributed by atoms with Crippen molar-refractivity contribution in [3.63, 3.8) is 0 Å². The summed E-state index contributed by atoms with van der Waals surface area (Å²) in [6.07, 6.45) is 3.30. The first-order valence-electron chi connectivity index (χ1n) is 12.1. The van der Waals surface area contributed by atoms with Crippen LogP contribution in [0.1, 0.15) is 56.3 Å². The summed E-state index contributed by atoms with van der Waals surface area (Å²) < 4.78 is 11.3. The first-order chi connectivity index (χ1) is 16.7. The molecule has 0 radical (unpaired) electrons. The van der Waals surface area contributed by atoms with Gasteiger partial charge in [-0.3, -0.25) is 9.59 Å². The lowest BCUT2D eigenvalue weighted by Gasteiger charge is -2.28. The van der Waals surface area contributed by atoms with E-state index in [2.05, 4.69) is 27.4 Å². The normalized spacial score (nSPS) is 22.0. The van der Waals surface area contributed by atoms with E-state index in [1.165, 1.54) is 0 Å². The van der Waals surface area contributed by atoms with Crippen LogP contribution in [0.15, 0.2) is 66.8 Å². The molecule has 1 amide bonds. The first-order valence-corrected chi connectivity index (χ1v) is 12.1. The second kappa shape index (κ2) is 10.1. The summed E-state index contributed by atoms with van der Waals surface area (Å²) in [6.45, 7) is 11.4. The molecule has 6 heteroatoms. The smallest absolute Gasteiger partial charge is 0.295 e. The number of ketones is 1. The van der Waals surface area contributed by atoms with Crippen LogP contribution in [0, 0.1) is 0 Å². The number of Topliss-reactive ketones (excluding diaryl/α,β-unsaturated/α-hetero) is 1. The van der Waals surface area contributed by atoms with Gasteiger partial charge in [0, 0.05) is 18.7 Å². The van der Waals surface area contributed by atoms with Gasteiger partial charge in [-0.15, -0.1) is 0 Å². The third kappa shape index (κ3) is 5.17. The SMILES string of the molecule is C=CCOc1ccc(C(O)=C2C(=O)C(=O)N(C[C@H]3CCCO3)[C@H]2c2ccc(C(C)(C)C)cc2)cc1. The van der Waals surface area contributed by atoms with E-state index in [4.69, 9.17) is 9.47 Å². The molecule has 2 fully saturated rings. The molecule has 0 aliphatic carbocycles. The number of benzene rings is 2. The third-order valence-electron chi connectivity index (χ3n) is 6.55. The highest BCUT2D eigenvalue weighted by Crippen LogP contribution is 2.40. The molecule has 6 nitrogen and oxygen atoms in total. The number of aliphatic hydroxyl groups excluding tert-OH is 1. The highest BCUT2D eigenvalue weighted by molar-refractivity contribution is 6.46. The van der Waals surface area contributed by atoms with E-state index in [0.29, 0.717) is 31.1 Å². The number of carbonyl (C=O) groups excluding carboxylic acids is 2. The minimum Gasteiger partial charge on any atom is -0.507 e. The Labute approximate surface area is 206 Å². The van der Waals surface area contributed by atoms with E-state index in [1.807, 2.05) is 24.3 Å². The first kappa shape index (κ1) is 24.7. The minimum absolute atomic E-state index is 0.0343. The fourth-order valence-corrected chi connectivity index (χ4v) is 4.61. The van der Waals surface area contributed by atoms with Crippen molar-refractivity contribution in [2.24, 2.45) is 0 Å². The molecule has 0 spiro atoms. The fourth-order valence-electron chi connectivity index (χ4n) is 4.61. The van der Waals surface area contributed by atoms with Gasteiger partial charge >= 0.3 is 0 Å². The summed E-state index contributed by atoms with van der Waals surface area (Å²) in [5, 5.41) is 11.3. The van der Waals surface area contributed by atoms with Crippen LogP contribution in [0.2, 0.25) is 0 Å². The van der Waals surface area contributed by atoms with Gasteiger partial charge in [-0.1, -0.05) is 57.7 Å². The maximum absolute atomic E-state index is 13.2. The largest absolute Gasteiger partial charge is 0.507 e. The molecular formula is C29H33NO5. The Morgan fingerprint density at radius 1 is 1.14 bits per heavy atom. The topological polar surface area (TPSA) is 76.1 Å². The Hall–Kier alpha value is -3.38. The molecule has 35 heavy (non-hydrogen) atoms. The average molecular weight is 476 g/mol. The molecule has 2 aliphatic heterocycles. The number of nitrogens with zero attached hydrogens (tertiary/aromatic N) is 1. The highest BCUT2D eigenvalue weighted by Gasteiger charge is 2.47. The van der Waals surface area contributed by atoms with E-state index in [9.17, 15) is 14.7 Å². The summed E-state index contributed by atoms with van der Waals surface area (Å²) in [5.74, 6) is -0.872. The van der Waals surface area contributed by atoms with Gasteiger partial charge in [0.15, 0.2) is 0 Å². The molecule has 0 aromatic heterocycles. The van der Waals surface area contributed by atoms with Crippen molar-refractivity contribution in [2.75, 3.05) is 19.8 Å². The van der Waals surface area contributed by atoms with Crippen LogP contribution in [0.4, 0.5) is 0 Å². The van der Waals surface area contributed by atoms with Crippen LogP contribution >= 0.6 is 0 Å². The highest BCUT2D eigenvalue weighted by atomic mass is 16.5. The summed E-state index contributed by atoms with van der Waals surface area (Å²) >= 11 is 0. The zero-order chi connectivity index (χ0) is 25.2. The molecule has 4 rings (SSSR count). The third-order valence-corrected chi connectivity index (χ3v) is 6.55. The van der Waals surface area contributed by atoms with Crippen molar-refractivity contribution in [2.45, 2.75) is 51.2 Å². The molecule has 184 valence electrons. The van der Waals surface area contributed by atoms with Crippen LogP contribution in [-0.4, -0.2) is 47.6 Å². The van der Waals surface area contributed by atoms with Crippen molar-refractivity contribution in [1.29, 1.82) is 0 Å². The van der Waals surface area contributed by atoms with Gasteiger partial charge in [-0.05, 0) is 53.6 Å². The van der Waals surface area contributed by atoms with E-state index < -0.39 is 17.7 Å². The predicted octanol–water partition coefficient (Wildman–Crippen LogP) is 5.15. The van der Waals surface area contributed by atoms with Gasteiger partial charge in [0.2, 0.25) is 0 Å². The Morgan fingerprint density at radius 3 is 2.40 bits per heavy atom. The number of aliphatic hydroxyl groups is 1. The Kier molecular flexibility index (Phi) is 7.13. The Balaban J connectivity index is 1.76. The second-order valence-corrected chi connectivity index (χ2v) is 10.1. The molecule has 0 saturated carbocycles. The average Bonchev–Trinajstić information content (AvgIpc) is 3.44. The minimum atomic E-state index is -0.690. The number of carbonyl (C=O) groups is 2. The maximum atomic E-state index is 13.2. The molecule has 0 bridgehead atoms. The van der Waals surface area contributed by atoms with Crippen LogP contribution in [-0.2, 0) is 19.7 Å². The Bertz CT molecular complexity index is 1120. The van der Waals surface area contributed by atoms with Gasteiger partial charge < -0.3 is 19.5 Å². The maximum Gasteiger partial charge on any atom is 0.295 e. The molecule has 1 N–H and O–H groups in total. The number of rotatable bonds is 7. The van der Waals surface area contributed by atoms with Crippen molar-refractivity contribution < 1.29 is 24.2 Å². The quantitative estimate of drug-likeness (QED) is 0.259. The van der Waals surface area contributed by atoms with Crippen LogP contribution in [0.3, 0.4) is 0 Å². The van der Waals surface area contributed by atoms with Gasteiger partial charge in [0.05, 0.1) is 17.7 Å². The van der Waals surface area contributed by atoms with Gasteiger partial charge in [0.25, 0.3) is 11.7 Å².